The predicted molar refractivity (Wildman–Crippen MR) is 69.8 cm³/mol. The molecule has 2 N–H and O–H groups in total. The van der Waals surface area contributed by atoms with Crippen LogP contribution in [0, 0.1) is 0 Å². The molecule has 0 aliphatic heterocycles. The van der Waals surface area contributed by atoms with Crippen LogP contribution in [-0.4, -0.2) is 32.7 Å². The molecule has 0 spiro atoms. The maximum atomic E-state index is 10.1. The van der Waals surface area contributed by atoms with E-state index in [0.29, 0.717) is 12.8 Å². The molecule has 0 heterocycles. The average molecular weight is 268 g/mol. The van der Waals surface area contributed by atoms with Gasteiger partial charge in [-0.1, -0.05) is 26.7 Å². The fourth-order valence-electron chi connectivity index (χ4n) is 0.794. The van der Waals surface area contributed by atoms with Gasteiger partial charge >= 0.3 is 0 Å². The normalized spacial score (nSPS) is 13.4. The van der Waals surface area contributed by atoms with E-state index in [1.165, 1.54) is 0 Å². The van der Waals surface area contributed by atoms with E-state index < -0.39 is 22.4 Å². The quantitative estimate of drug-likeness (QED) is 0.546. The molecule has 96 valence electrons. The first-order valence-corrected chi connectivity index (χ1v) is 6.07. The minimum Gasteiger partial charge on any atom is -0.384 e. The monoisotopic (exact) mass is 268 g/mol. The zero-order valence-corrected chi connectivity index (χ0v) is 11.4. The molecule has 0 saturated heterocycles. The van der Waals surface area contributed by atoms with E-state index in [9.17, 15) is 9.59 Å². The average Bonchev–Trinajstić information content (AvgIpc) is 2.19. The highest BCUT2D eigenvalue weighted by molar-refractivity contribution is 7.97. The highest BCUT2D eigenvalue weighted by Gasteiger charge is 2.07. The number of thiol groups is 2. The Balaban J connectivity index is 0. The van der Waals surface area contributed by atoms with E-state index >= 15 is 0 Å². The maximum absolute atomic E-state index is 10.1. The van der Waals surface area contributed by atoms with Gasteiger partial charge in [0.2, 0.25) is 10.2 Å². The van der Waals surface area contributed by atoms with Crippen LogP contribution < -0.4 is 0 Å². The van der Waals surface area contributed by atoms with Crippen molar-refractivity contribution >= 4 is 35.5 Å². The number of carbonyl (C=O) groups excluding carboxylic acids is 2. The summed E-state index contributed by atoms with van der Waals surface area (Å²) in [5.74, 6) is 0. The summed E-state index contributed by atoms with van der Waals surface area (Å²) >= 11 is 6.88. The van der Waals surface area contributed by atoms with Crippen molar-refractivity contribution < 1.29 is 19.8 Å². The second-order valence-corrected chi connectivity index (χ2v) is 4.17. The molecule has 2 atom stereocenters. The molecule has 0 aliphatic rings. The van der Waals surface area contributed by atoms with E-state index in [0.717, 1.165) is 12.8 Å². The van der Waals surface area contributed by atoms with Gasteiger partial charge in [0.1, 0.15) is 12.2 Å². The zero-order valence-electron chi connectivity index (χ0n) is 9.59. The van der Waals surface area contributed by atoms with Gasteiger partial charge in [0, 0.05) is 0 Å². The Bertz CT molecular complexity index is 187. The first-order valence-electron chi connectivity index (χ1n) is 5.18. The van der Waals surface area contributed by atoms with Crippen LogP contribution in [0.15, 0.2) is 0 Å². The minimum absolute atomic E-state index is 0.438. The second kappa shape index (κ2) is 11.4. The summed E-state index contributed by atoms with van der Waals surface area (Å²) in [5.41, 5.74) is 0. The summed E-state index contributed by atoms with van der Waals surface area (Å²) in [4.78, 5) is 20.3. The number of rotatable bonds is 6. The van der Waals surface area contributed by atoms with E-state index in [-0.39, 0.29) is 0 Å². The third-order valence-corrected chi connectivity index (χ3v) is 2.29. The van der Waals surface area contributed by atoms with Gasteiger partial charge in [0.05, 0.1) is 0 Å². The summed E-state index contributed by atoms with van der Waals surface area (Å²) < 4.78 is 0. The lowest BCUT2D eigenvalue weighted by molar-refractivity contribution is -0.118. The lowest BCUT2D eigenvalue weighted by Gasteiger charge is -2.00. The fourth-order valence-corrected chi connectivity index (χ4v) is 1.05. The molecule has 2 unspecified atom stereocenters. The van der Waals surface area contributed by atoms with Crippen LogP contribution >= 0.6 is 25.3 Å². The van der Waals surface area contributed by atoms with Crippen molar-refractivity contribution in [1.29, 1.82) is 0 Å². The molecule has 0 aromatic rings. The van der Waals surface area contributed by atoms with Gasteiger partial charge in [0.15, 0.2) is 0 Å². The fraction of sp³-hybridized carbons (Fsp3) is 0.800. The van der Waals surface area contributed by atoms with Crippen LogP contribution in [-0.2, 0) is 9.59 Å². The first-order chi connectivity index (χ1) is 7.36. The maximum Gasteiger partial charge on any atom is 0.214 e. The summed E-state index contributed by atoms with van der Waals surface area (Å²) in [6.07, 6.45) is 0.942. The minimum atomic E-state index is -0.858. The Labute approximate surface area is 107 Å². The van der Waals surface area contributed by atoms with E-state index in [2.05, 4.69) is 25.3 Å². The molecule has 0 saturated carbocycles. The van der Waals surface area contributed by atoms with Crippen LogP contribution in [0.2, 0.25) is 0 Å². The van der Waals surface area contributed by atoms with Gasteiger partial charge in [-0.05, 0) is 12.8 Å². The molecule has 0 aromatic heterocycles. The van der Waals surface area contributed by atoms with Crippen molar-refractivity contribution in [3.63, 3.8) is 0 Å². The van der Waals surface area contributed by atoms with Gasteiger partial charge in [-0.15, -0.1) is 25.3 Å². The highest BCUT2D eigenvalue weighted by atomic mass is 32.1. The molecule has 0 rings (SSSR count). The van der Waals surface area contributed by atoms with Crippen LogP contribution in [0.25, 0.3) is 0 Å². The molecule has 0 bridgehead atoms. The van der Waals surface area contributed by atoms with Crippen LogP contribution in [0.1, 0.15) is 39.5 Å². The molecule has 4 nitrogen and oxygen atoms in total. The molecular weight excluding hydrogens is 248 g/mol. The number of aliphatic hydroxyl groups excluding tert-OH is 2. The van der Waals surface area contributed by atoms with Crippen molar-refractivity contribution in [2.24, 2.45) is 0 Å². The Morgan fingerprint density at radius 2 is 1.19 bits per heavy atom. The van der Waals surface area contributed by atoms with Crippen molar-refractivity contribution in [3.8, 4) is 0 Å². The summed E-state index contributed by atoms with van der Waals surface area (Å²) in [5, 5.41) is 16.5. The molecule has 6 heteroatoms. The number of carbonyl (C=O) groups is 2. The predicted octanol–water partition coefficient (Wildman–Crippen LogP) is 1.21. The Kier molecular flexibility index (Phi) is 13.1. The van der Waals surface area contributed by atoms with Crippen molar-refractivity contribution in [1.82, 2.24) is 0 Å². The molecule has 0 radical (unpaired) electrons. The largest absolute Gasteiger partial charge is 0.384 e. The number of hydrogen-bond acceptors (Lipinski definition) is 4. The third kappa shape index (κ3) is 12.0. The molecule has 16 heavy (non-hydrogen) atoms. The van der Waals surface area contributed by atoms with Crippen LogP contribution in [0.3, 0.4) is 0 Å². The Morgan fingerprint density at radius 1 is 0.938 bits per heavy atom. The van der Waals surface area contributed by atoms with Gasteiger partial charge in [-0.3, -0.25) is 9.59 Å². The molecule has 0 fully saturated rings. The smallest absolute Gasteiger partial charge is 0.214 e. The molecule has 0 amide bonds. The van der Waals surface area contributed by atoms with Gasteiger partial charge in [-0.2, -0.15) is 0 Å². The second-order valence-electron chi connectivity index (χ2n) is 3.29. The standard InChI is InChI=1S/2C5H10O2S/c2*1-2-3-4(6)5(7)8/h2*4,6H,2-3H2,1H3,(H,7,8). The Hall–Kier alpha value is -0.0400. The van der Waals surface area contributed by atoms with Gasteiger partial charge in [-0.25, -0.2) is 0 Å². The van der Waals surface area contributed by atoms with Crippen molar-refractivity contribution in [2.45, 2.75) is 51.7 Å². The first kappa shape index (κ1) is 18.3. The summed E-state index contributed by atoms with van der Waals surface area (Å²) in [7, 11) is 0. The van der Waals surface area contributed by atoms with Crippen molar-refractivity contribution in [3.05, 3.63) is 0 Å². The highest BCUT2D eigenvalue weighted by Crippen LogP contribution is 1.99. The summed E-state index contributed by atoms with van der Waals surface area (Å²) in [6, 6.07) is 0. The van der Waals surface area contributed by atoms with E-state index in [4.69, 9.17) is 10.2 Å². The molecule has 0 aromatic carbocycles. The van der Waals surface area contributed by atoms with Gasteiger partial charge in [0.25, 0.3) is 0 Å². The van der Waals surface area contributed by atoms with Crippen LogP contribution in [0.4, 0.5) is 0 Å². The number of hydrogen-bond donors (Lipinski definition) is 4. The van der Waals surface area contributed by atoms with E-state index in [1.807, 2.05) is 13.8 Å². The Morgan fingerprint density at radius 3 is 1.25 bits per heavy atom. The van der Waals surface area contributed by atoms with Gasteiger partial charge < -0.3 is 10.2 Å². The van der Waals surface area contributed by atoms with Crippen molar-refractivity contribution in [2.75, 3.05) is 0 Å². The third-order valence-electron chi connectivity index (χ3n) is 1.69. The molecule has 0 aliphatic carbocycles. The van der Waals surface area contributed by atoms with E-state index in [1.54, 1.807) is 0 Å². The zero-order chi connectivity index (χ0) is 13.1. The SMILES string of the molecule is CCCC(O)C(=O)S.CCCC(O)C(=O)S. The number of aliphatic hydroxyl groups is 2. The summed E-state index contributed by atoms with van der Waals surface area (Å²) in [6.45, 7) is 3.81. The van der Waals surface area contributed by atoms with Crippen LogP contribution in [0.5, 0.6) is 0 Å². The molecular formula is C10H20O4S2. The lowest BCUT2D eigenvalue weighted by atomic mass is 10.2. The lowest BCUT2D eigenvalue weighted by Crippen LogP contribution is -2.13. The topological polar surface area (TPSA) is 74.6 Å².